The van der Waals surface area contributed by atoms with Gasteiger partial charge < -0.3 is 10.6 Å². The van der Waals surface area contributed by atoms with E-state index in [4.69, 9.17) is 17.3 Å². The summed E-state index contributed by atoms with van der Waals surface area (Å²) in [7, 11) is 1.67. The van der Waals surface area contributed by atoms with Crippen LogP contribution in [0, 0.1) is 0 Å². The quantitative estimate of drug-likeness (QED) is 0.842. The minimum Gasteiger partial charge on any atom is -0.397 e. The van der Waals surface area contributed by atoms with Crippen LogP contribution in [0.1, 0.15) is 10.4 Å². The number of halogens is 2. The van der Waals surface area contributed by atoms with E-state index in [9.17, 15) is 4.79 Å². The Morgan fingerprint density at radius 1 is 1.26 bits per heavy atom. The van der Waals surface area contributed by atoms with Gasteiger partial charge in [-0.1, -0.05) is 39.7 Å². The van der Waals surface area contributed by atoms with Crippen molar-refractivity contribution in [1.82, 2.24) is 0 Å². The number of nitrogen functional groups attached to an aromatic ring is 1. The summed E-state index contributed by atoms with van der Waals surface area (Å²) in [6, 6.07) is 12.4. The Labute approximate surface area is 125 Å². The third-order valence-corrected chi connectivity index (χ3v) is 3.58. The highest BCUT2D eigenvalue weighted by Gasteiger charge is 2.18. The molecule has 0 aliphatic heterocycles. The normalized spacial score (nSPS) is 10.3. The number of amides is 1. The molecule has 3 nitrogen and oxygen atoms in total. The maximum atomic E-state index is 12.4. The van der Waals surface area contributed by atoms with Gasteiger partial charge in [-0.15, -0.1) is 0 Å². The number of rotatable bonds is 2. The van der Waals surface area contributed by atoms with Crippen LogP contribution in [0.5, 0.6) is 0 Å². The number of nitrogens with two attached hydrogens (primary N) is 1. The molecule has 1 amide bonds. The maximum Gasteiger partial charge on any atom is 0.259 e. The molecule has 0 saturated heterocycles. The second-order valence-corrected chi connectivity index (χ2v) is 5.37. The molecule has 0 aliphatic carbocycles. The first-order valence-electron chi connectivity index (χ1n) is 5.58. The molecular weight excluding hydrogens is 328 g/mol. The van der Waals surface area contributed by atoms with Crippen molar-refractivity contribution in [1.29, 1.82) is 0 Å². The number of anilines is 2. The van der Waals surface area contributed by atoms with E-state index in [1.807, 2.05) is 12.1 Å². The van der Waals surface area contributed by atoms with Crippen molar-refractivity contribution in [3.05, 3.63) is 57.5 Å². The van der Waals surface area contributed by atoms with E-state index in [-0.39, 0.29) is 5.91 Å². The van der Waals surface area contributed by atoms with Crippen molar-refractivity contribution in [2.45, 2.75) is 0 Å². The van der Waals surface area contributed by atoms with Crippen molar-refractivity contribution in [3.8, 4) is 0 Å². The lowest BCUT2D eigenvalue weighted by atomic mass is 10.1. The van der Waals surface area contributed by atoms with Crippen molar-refractivity contribution < 1.29 is 4.79 Å². The van der Waals surface area contributed by atoms with Crippen LogP contribution in [-0.2, 0) is 0 Å². The Bertz CT molecular complexity index is 631. The largest absolute Gasteiger partial charge is 0.397 e. The average molecular weight is 340 g/mol. The van der Waals surface area contributed by atoms with Crippen LogP contribution in [0.2, 0.25) is 5.02 Å². The number of hydrogen-bond acceptors (Lipinski definition) is 2. The summed E-state index contributed by atoms with van der Waals surface area (Å²) in [5.74, 6) is -0.204. The Kier molecular flexibility index (Phi) is 4.12. The lowest BCUT2D eigenvalue weighted by Gasteiger charge is -2.19. The number of benzene rings is 2. The van der Waals surface area contributed by atoms with Crippen molar-refractivity contribution in [2.24, 2.45) is 0 Å². The van der Waals surface area contributed by atoms with Crippen LogP contribution < -0.4 is 10.6 Å². The highest BCUT2D eigenvalue weighted by molar-refractivity contribution is 9.10. The Hall–Kier alpha value is -1.52. The van der Waals surface area contributed by atoms with Gasteiger partial charge in [0, 0.05) is 11.5 Å². The van der Waals surface area contributed by atoms with E-state index in [0.29, 0.717) is 22.0 Å². The zero-order chi connectivity index (χ0) is 14.0. The summed E-state index contributed by atoms with van der Waals surface area (Å²) < 4.78 is 0.801. The standard InChI is InChI=1S/C14H12BrClN2O/c1-18(13-5-3-2-4-12(13)17)14(19)10-8-9(15)6-7-11(10)16/h2-8H,17H2,1H3. The minimum absolute atomic E-state index is 0.204. The molecule has 2 rings (SSSR count). The first-order chi connectivity index (χ1) is 9.00. The fraction of sp³-hybridized carbons (Fsp3) is 0.0714. The van der Waals surface area contributed by atoms with Gasteiger partial charge in [-0.25, -0.2) is 0 Å². The summed E-state index contributed by atoms with van der Waals surface area (Å²) in [5, 5.41) is 0.412. The van der Waals surface area contributed by atoms with Crippen LogP contribution in [0.4, 0.5) is 11.4 Å². The van der Waals surface area contributed by atoms with Gasteiger partial charge in [-0.2, -0.15) is 0 Å². The van der Waals surface area contributed by atoms with Gasteiger partial charge in [0.05, 0.1) is 22.0 Å². The minimum atomic E-state index is -0.204. The number of hydrogen-bond donors (Lipinski definition) is 1. The molecule has 2 aromatic carbocycles. The molecule has 0 heterocycles. The first-order valence-corrected chi connectivity index (χ1v) is 6.75. The second kappa shape index (κ2) is 5.63. The molecule has 98 valence electrons. The smallest absolute Gasteiger partial charge is 0.259 e. The van der Waals surface area contributed by atoms with Crippen LogP contribution >= 0.6 is 27.5 Å². The highest BCUT2D eigenvalue weighted by atomic mass is 79.9. The topological polar surface area (TPSA) is 46.3 Å². The van der Waals surface area contributed by atoms with E-state index < -0.39 is 0 Å². The van der Waals surface area contributed by atoms with E-state index in [0.717, 1.165) is 4.47 Å². The van der Waals surface area contributed by atoms with Gasteiger partial charge in [0.15, 0.2) is 0 Å². The molecule has 0 atom stereocenters. The van der Waals surface area contributed by atoms with E-state index >= 15 is 0 Å². The van der Waals surface area contributed by atoms with Gasteiger partial charge >= 0.3 is 0 Å². The van der Waals surface area contributed by atoms with Gasteiger partial charge in [0.2, 0.25) is 0 Å². The fourth-order valence-corrected chi connectivity index (χ4v) is 2.30. The average Bonchev–Trinajstić information content (AvgIpc) is 2.40. The van der Waals surface area contributed by atoms with Gasteiger partial charge in [-0.05, 0) is 30.3 Å². The lowest BCUT2D eigenvalue weighted by Crippen LogP contribution is -2.27. The van der Waals surface area contributed by atoms with E-state index in [1.54, 1.807) is 37.4 Å². The molecule has 0 aromatic heterocycles. The van der Waals surface area contributed by atoms with E-state index in [1.165, 1.54) is 4.90 Å². The third kappa shape index (κ3) is 2.91. The van der Waals surface area contributed by atoms with E-state index in [2.05, 4.69) is 15.9 Å². The molecule has 0 radical (unpaired) electrons. The lowest BCUT2D eigenvalue weighted by molar-refractivity contribution is 0.0993. The summed E-state index contributed by atoms with van der Waals surface area (Å²) >= 11 is 9.39. The molecule has 2 N–H and O–H groups in total. The zero-order valence-corrected chi connectivity index (χ0v) is 12.6. The summed E-state index contributed by atoms with van der Waals surface area (Å²) in [6.07, 6.45) is 0. The van der Waals surface area contributed by atoms with Crippen molar-refractivity contribution >= 4 is 44.8 Å². The number of carbonyl (C=O) groups is 1. The number of carbonyl (C=O) groups excluding carboxylic acids is 1. The molecule has 19 heavy (non-hydrogen) atoms. The zero-order valence-electron chi connectivity index (χ0n) is 10.2. The third-order valence-electron chi connectivity index (χ3n) is 2.76. The van der Waals surface area contributed by atoms with Crippen LogP contribution in [0.15, 0.2) is 46.9 Å². The summed E-state index contributed by atoms with van der Waals surface area (Å²) in [4.78, 5) is 13.9. The van der Waals surface area contributed by atoms with Crippen molar-refractivity contribution in [2.75, 3.05) is 17.7 Å². The number of para-hydroxylation sites is 2. The summed E-state index contributed by atoms with van der Waals surface area (Å²) in [6.45, 7) is 0. The van der Waals surface area contributed by atoms with Gasteiger partial charge in [0.25, 0.3) is 5.91 Å². The Balaban J connectivity index is 2.39. The molecule has 0 saturated carbocycles. The molecular formula is C14H12BrClN2O. The predicted molar refractivity (Wildman–Crippen MR) is 82.7 cm³/mol. The molecule has 0 aliphatic rings. The monoisotopic (exact) mass is 338 g/mol. The second-order valence-electron chi connectivity index (χ2n) is 4.05. The molecule has 0 bridgehead atoms. The molecule has 0 fully saturated rings. The molecule has 0 spiro atoms. The predicted octanol–water partition coefficient (Wildman–Crippen LogP) is 3.96. The molecule has 0 unspecified atom stereocenters. The SMILES string of the molecule is CN(C(=O)c1cc(Br)ccc1Cl)c1ccccc1N. The Morgan fingerprint density at radius 3 is 2.63 bits per heavy atom. The first kappa shape index (κ1) is 13.9. The Morgan fingerprint density at radius 2 is 1.95 bits per heavy atom. The van der Waals surface area contributed by atoms with Gasteiger partial charge in [-0.3, -0.25) is 4.79 Å². The van der Waals surface area contributed by atoms with Crippen molar-refractivity contribution in [3.63, 3.8) is 0 Å². The summed E-state index contributed by atoms with van der Waals surface area (Å²) in [5.41, 5.74) is 7.50. The van der Waals surface area contributed by atoms with Crippen LogP contribution in [0.25, 0.3) is 0 Å². The molecule has 5 heteroatoms. The highest BCUT2D eigenvalue weighted by Crippen LogP contribution is 2.26. The maximum absolute atomic E-state index is 12.4. The molecule has 2 aromatic rings. The van der Waals surface area contributed by atoms with Gasteiger partial charge in [0.1, 0.15) is 0 Å². The van der Waals surface area contributed by atoms with Crippen LogP contribution in [0.3, 0.4) is 0 Å². The van der Waals surface area contributed by atoms with Crippen LogP contribution in [-0.4, -0.2) is 13.0 Å². The fourth-order valence-electron chi connectivity index (χ4n) is 1.74. The number of nitrogens with zero attached hydrogens (tertiary/aromatic N) is 1.